The Morgan fingerprint density at radius 2 is 2.21 bits per heavy atom. The predicted octanol–water partition coefficient (Wildman–Crippen LogP) is 1.54. The Kier molecular flexibility index (Phi) is 1.99. The van der Waals surface area contributed by atoms with E-state index in [1.165, 1.54) is 0 Å². The molecule has 0 saturated carbocycles. The standard InChI is InChI=1S/C11H10N2O/c1-13-10(7-14)5-9-4-8(6-12)2-3-11(9)13/h2-5,14H,7H2,1H3. The minimum atomic E-state index is 0.0209. The van der Waals surface area contributed by atoms with E-state index in [2.05, 4.69) is 6.07 Å². The molecule has 2 rings (SSSR count). The van der Waals surface area contributed by atoms with Gasteiger partial charge in [0, 0.05) is 23.6 Å². The molecule has 0 radical (unpaired) electrons. The summed E-state index contributed by atoms with van der Waals surface area (Å²) in [5, 5.41) is 18.8. The molecule has 3 heteroatoms. The molecule has 70 valence electrons. The van der Waals surface area contributed by atoms with Crippen molar-refractivity contribution in [2.75, 3.05) is 0 Å². The SMILES string of the molecule is Cn1c(CO)cc2cc(C#N)ccc21. The number of nitrogens with zero attached hydrogens (tertiary/aromatic N) is 2. The number of nitriles is 1. The first-order chi connectivity index (χ1) is 6.76. The molecule has 1 N–H and O–H groups in total. The van der Waals surface area contributed by atoms with E-state index in [-0.39, 0.29) is 6.61 Å². The number of aromatic nitrogens is 1. The van der Waals surface area contributed by atoms with Crippen molar-refractivity contribution in [2.24, 2.45) is 7.05 Å². The Morgan fingerprint density at radius 1 is 1.43 bits per heavy atom. The zero-order valence-corrected chi connectivity index (χ0v) is 7.86. The molecule has 0 aliphatic rings. The molecule has 0 bridgehead atoms. The summed E-state index contributed by atoms with van der Waals surface area (Å²) in [6.07, 6.45) is 0. The lowest BCUT2D eigenvalue weighted by atomic mass is 10.2. The summed E-state index contributed by atoms with van der Waals surface area (Å²) in [7, 11) is 1.90. The Bertz CT molecular complexity index is 520. The molecule has 1 aromatic carbocycles. The maximum absolute atomic E-state index is 9.06. The number of rotatable bonds is 1. The monoisotopic (exact) mass is 186 g/mol. The fourth-order valence-corrected chi connectivity index (χ4v) is 1.63. The first-order valence-electron chi connectivity index (χ1n) is 4.35. The van der Waals surface area contributed by atoms with Crippen LogP contribution in [0, 0.1) is 11.3 Å². The number of hydrogen-bond donors (Lipinski definition) is 1. The molecule has 1 aromatic heterocycles. The van der Waals surface area contributed by atoms with Crippen LogP contribution in [0.2, 0.25) is 0 Å². The highest BCUT2D eigenvalue weighted by Crippen LogP contribution is 2.19. The second-order valence-electron chi connectivity index (χ2n) is 3.24. The average Bonchev–Trinajstić information content (AvgIpc) is 2.55. The third kappa shape index (κ3) is 1.17. The van der Waals surface area contributed by atoms with E-state index in [0.29, 0.717) is 5.56 Å². The fourth-order valence-electron chi connectivity index (χ4n) is 1.63. The summed E-state index contributed by atoms with van der Waals surface area (Å²) in [6, 6.07) is 9.50. The van der Waals surface area contributed by atoms with Crippen LogP contribution in [0.3, 0.4) is 0 Å². The van der Waals surface area contributed by atoms with Crippen LogP contribution in [0.15, 0.2) is 24.3 Å². The van der Waals surface area contributed by atoms with Crippen LogP contribution in [0.4, 0.5) is 0 Å². The second kappa shape index (κ2) is 3.17. The molecule has 0 aliphatic carbocycles. The third-order valence-corrected chi connectivity index (χ3v) is 2.43. The summed E-state index contributed by atoms with van der Waals surface area (Å²) in [4.78, 5) is 0. The van der Waals surface area contributed by atoms with Gasteiger partial charge in [0.05, 0.1) is 18.2 Å². The number of fused-ring (bicyclic) bond motifs is 1. The van der Waals surface area contributed by atoms with Gasteiger partial charge in [0.2, 0.25) is 0 Å². The van der Waals surface area contributed by atoms with Gasteiger partial charge in [-0.15, -0.1) is 0 Å². The number of hydrogen-bond acceptors (Lipinski definition) is 2. The predicted molar refractivity (Wildman–Crippen MR) is 53.6 cm³/mol. The Balaban J connectivity index is 2.74. The minimum absolute atomic E-state index is 0.0209. The van der Waals surface area contributed by atoms with Gasteiger partial charge in [-0.3, -0.25) is 0 Å². The maximum Gasteiger partial charge on any atom is 0.0991 e. The summed E-state index contributed by atoms with van der Waals surface area (Å²) < 4.78 is 1.93. The van der Waals surface area contributed by atoms with Gasteiger partial charge in [0.1, 0.15) is 0 Å². The largest absolute Gasteiger partial charge is 0.390 e. The van der Waals surface area contributed by atoms with Gasteiger partial charge in [-0.05, 0) is 24.3 Å². The molecular weight excluding hydrogens is 176 g/mol. The molecule has 3 nitrogen and oxygen atoms in total. The molecule has 0 aliphatic heterocycles. The van der Waals surface area contributed by atoms with Crippen LogP contribution in [0.25, 0.3) is 10.9 Å². The van der Waals surface area contributed by atoms with Gasteiger partial charge >= 0.3 is 0 Å². The van der Waals surface area contributed by atoms with E-state index in [4.69, 9.17) is 10.4 Å². The zero-order valence-electron chi connectivity index (χ0n) is 7.86. The molecule has 0 saturated heterocycles. The quantitative estimate of drug-likeness (QED) is 0.734. The van der Waals surface area contributed by atoms with Gasteiger partial charge in [-0.2, -0.15) is 5.26 Å². The summed E-state index contributed by atoms with van der Waals surface area (Å²) in [5.41, 5.74) is 2.54. The topological polar surface area (TPSA) is 49.0 Å². The molecule has 1 heterocycles. The van der Waals surface area contributed by atoms with Crippen molar-refractivity contribution in [3.63, 3.8) is 0 Å². The average molecular weight is 186 g/mol. The van der Waals surface area contributed by atoms with Crippen LogP contribution < -0.4 is 0 Å². The van der Waals surface area contributed by atoms with Crippen molar-refractivity contribution in [1.82, 2.24) is 4.57 Å². The second-order valence-corrected chi connectivity index (χ2v) is 3.24. The zero-order chi connectivity index (χ0) is 10.1. The van der Waals surface area contributed by atoms with Crippen LogP contribution >= 0.6 is 0 Å². The molecule has 0 amide bonds. The highest BCUT2D eigenvalue weighted by molar-refractivity contribution is 5.82. The van der Waals surface area contributed by atoms with E-state index in [1.54, 1.807) is 6.07 Å². The van der Waals surface area contributed by atoms with E-state index in [0.717, 1.165) is 16.6 Å². The Hall–Kier alpha value is -1.79. The summed E-state index contributed by atoms with van der Waals surface area (Å²) in [5.74, 6) is 0. The molecular formula is C11H10N2O. The number of benzene rings is 1. The van der Waals surface area contributed by atoms with E-state index < -0.39 is 0 Å². The molecule has 2 aromatic rings. The fraction of sp³-hybridized carbons (Fsp3) is 0.182. The van der Waals surface area contributed by atoms with Gasteiger partial charge in [0.15, 0.2) is 0 Å². The highest BCUT2D eigenvalue weighted by atomic mass is 16.3. The first kappa shape index (κ1) is 8.79. The van der Waals surface area contributed by atoms with Gasteiger partial charge in [-0.1, -0.05) is 0 Å². The Morgan fingerprint density at radius 3 is 2.86 bits per heavy atom. The van der Waals surface area contributed by atoms with Crippen molar-refractivity contribution in [3.8, 4) is 6.07 Å². The summed E-state index contributed by atoms with van der Waals surface area (Å²) in [6.45, 7) is 0.0209. The van der Waals surface area contributed by atoms with Crippen LogP contribution in [0.5, 0.6) is 0 Å². The van der Waals surface area contributed by atoms with Crippen LogP contribution in [-0.4, -0.2) is 9.67 Å². The molecule has 0 spiro atoms. The van der Waals surface area contributed by atoms with E-state index >= 15 is 0 Å². The molecule has 14 heavy (non-hydrogen) atoms. The third-order valence-electron chi connectivity index (χ3n) is 2.43. The van der Waals surface area contributed by atoms with Gasteiger partial charge < -0.3 is 9.67 Å². The number of aliphatic hydroxyl groups excluding tert-OH is 1. The van der Waals surface area contributed by atoms with Crippen molar-refractivity contribution < 1.29 is 5.11 Å². The van der Waals surface area contributed by atoms with Gasteiger partial charge in [0.25, 0.3) is 0 Å². The number of aryl methyl sites for hydroxylation is 1. The van der Waals surface area contributed by atoms with Crippen LogP contribution in [-0.2, 0) is 13.7 Å². The smallest absolute Gasteiger partial charge is 0.0991 e. The van der Waals surface area contributed by atoms with Crippen molar-refractivity contribution in [3.05, 3.63) is 35.5 Å². The maximum atomic E-state index is 9.06. The molecule has 0 unspecified atom stereocenters. The molecule has 0 fully saturated rings. The summed E-state index contributed by atoms with van der Waals surface area (Å²) >= 11 is 0. The van der Waals surface area contributed by atoms with Gasteiger partial charge in [-0.25, -0.2) is 0 Å². The normalized spacial score (nSPS) is 10.4. The highest BCUT2D eigenvalue weighted by Gasteiger charge is 2.04. The lowest BCUT2D eigenvalue weighted by Gasteiger charge is -1.99. The van der Waals surface area contributed by atoms with E-state index in [9.17, 15) is 0 Å². The van der Waals surface area contributed by atoms with Crippen molar-refractivity contribution in [2.45, 2.75) is 6.61 Å². The van der Waals surface area contributed by atoms with E-state index in [1.807, 2.05) is 29.8 Å². The van der Waals surface area contributed by atoms with Crippen molar-refractivity contribution >= 4 is 10.9 Å². The lowest BCUT2D eigenvalue weighted by molar-refractivity contribution is 0.273. The number of aliphatic hydroxyl groups is 1. The first-order valence-corrected chi connectivity index (χ1v) is 4.35. The Labute approximate surface area is 81.8 Å². The van der Waals surface area contributed by atoms with Crippen molar-refractivity contribution in [1.29, 1.82) is 5.26 Å². The van der Waals surface area contributed by atoms with Crippen LogP contribution in [0.1, 0.15) is 11.3 Å². The minimum Gasteiger partial charge on any atom is -0.390 e. The lowest BCUT2D eigenvalue weighted by Crippen LogP contribution is -1.94. The molecule has 0 atom stereocenters.